The number of hydrogen-bond donors (Lipinski definition) is 0. The Bertz CT molecular complexity index is 138. The Morgan fingerprint density at radius 3 is 2.21 bits per heavy atom. The van der Waals surface area contributed by atoms with E-state index in [2.05, 4.69) is 25.8 Å². The summed E-state index contributed by atoms with van der Waals surface area (Å²) in [5.74, 6) is 2.95. The Morgan fingerprint density at radius 1 is 1.14 bits per heavy atom. The van der Waals surface area contributed by atoms with E-state index in [1.807, 2.05) is 0 Å². The first-order valence-electron chi connectivity index (χ1n) is 5.03. The van der Waals surface area contributed by atoms with Crippen molar-refractivity contribution in [3.63, 3.8) is 0 Å². The van der Waals surface area contributed by atoms with Gasteiger partial charge in [0.05, 0.1) is 0 Å². The summed E-state index contributed by atoms with van der Waals surface area (Å²) in [6.07, 6.45) is 2.92. The van der Waals surface area contributed by atoms with Gasteiger partial charge < -0.3 is 11.8 Å². The Morgan fingerprint density at radius 2 is 1.71 bits per heavy atom. The fourth-order valence-electron chi connectivity index (χ4n) is 2.63. The SMILES string of the molecule is C.[CH2-]C.[CH2-]N1C[C@@H]2CCC(C)[C@@H]2C1.[W+2]. The van der Waals surface area contributed by atoms with E-state index in [0.717, 1.165) is 17.8 Å². The van der Waals surface area contributed by atoms with Crippen molar-refractivity contribution in [2.75, 3.05) is 13.1 Å². The first-order valence-corrected chi connectivity index (χ1v) is 5.03. The molecule has 1 aliphatic heterocycles. The maximum atomic E-state index is 3.99. The van der Waals surface area contributed by atoms with E-state index in [0.29, 0.717) is 0 Å². The van der Waals surface area contributed by atoms with Crippen molar-refractivity contribution in [2.24, 2.45) is 17.8 Å². The summed E-state index contributed by atoms with van der Waals surface area (Å²) in [6, 6.07) is 0. The second kappa shape index (κ2) is 7.88. The van der Waals surface area contributed by atoms with Gasteiger partial charge in [-0.15, -0.1) is 0 Å². The molecule has 0 bridgehead atoms. The fourth-order valence-corrected chi connectivity index (χ4v) is 2.63. The van der Waals surface area contributed by atoms with Gasteiger partial charge in [0.15, 0.2) is 0 Å². The zero-order valence-electron chi connectivity index (χ0n) is 8.83. The molecular formula is C12H25NW. The summed E-state index contributed by atoms with van der Waals surface area (Å²) in [5, 5.41) is 0. The quantitative estimate of drug-likeness (QED) is 0.595. The summed E-state index contributed by atoms with van der Waals surface area (Å²) >= 11 is 0. The molecule has 0 aromatic carbocycles. The smallest absolute Gasteiger partial charge is 0.459 e. The summed E-state index contributed by atoms with van der Waals surface area (Å²) in [5.41, 5.74) is 0. The first kappa shape index (κ1) is 17.1. The van der Waals surface area contributed by atoms with E-state index in [4.69, 9.17) is 0 Å². The van der Waals surface area contributed by atoms with E-state index < -0.39 is 0 Å². The Labute approximate surface area is 105 Å². The molecule has 1 unspecified atom stereocenters. The third-order valence-corrected chi connectivity index (χ3v) is 3.29. The van der Waals surface area contributed by atoms with Crippen LogP contribution in [0.4, 0.5) is 0 Å². The molecule has 0 aromatic rings. The van der Waals surface area contributed by atoms with Crippen molar-refractivity contribution in [3.05, 3.63) is 14.0 Å². The molecule has 1 nitrogen and oxygen atoms in total. The second-order valence-corrected chi connectivity index (χ2v) is 4.01. The van der Waals surface area contributed by atoms with Crippen LogP contribution in [0.2, 0.25) is 0 Å². The summed E-state index contributed by atoms with van der Waals surface area (Å²) in [6.45, 7) is 9.91. The van der Waals surface area contributed by atoms with Crippen LogP contribution in [-0.2, 0) is 21.1 Å². The number of nitrogens with zero attached hydrogens (tertiary/aromatic N) is 1. The molecule has 0 aromatic heterocycles. The molecule has 0 amide bonds. The molecule has 0 N–H and O–H groups in total. The van der Waals surface area contributed by atoms with Crippen LogP contribution in [0, 0.1) is 31.7 Å². The fraction of sp³-hybridized carbons (Fsp3) is 0.833. The maximum Gasteiger partial charge on any atom is 2.00 e. The number of rotatable bonds is 0. The molecule has 1 heterocycles. The van der Waals surface area contributed by atoms with Crippen LogP contribution in [-0.4, -0.2) is 18.0 Å². The molecule has 84 valence electrons. The molecule has 1 saturated heterocycles. The predicted molar refractivity (Wildman–Crippen MR) is 60.1 cm³/mol. The van der Waals surface area contributed by atoms with E-state index in [1.165, 1.54) is 25.9 Å². The molecule has 1 aliphatic carbocycles. The minimum atomic E-state index is 0. The molecular weight excluding hydrogens is 342 g/mol. The molecule has 2 rings (SSSR count). The third-order valence-electron chi connectivity index (χ3n) is 3.29. The predicted octanol–water partition coefficient (Wildman–Crippen LogP) is 3.23. The largest absolute Gasteiger partial charge is 2.00 e. The molecule has 2 fully saturated rings. The molecule has 3 atom stereocenters. The van der Waals surface area contributed by atoms with Crippen LogP contribution in [0.3, 0.4) is 0 Å². The van der Waals surface area contributed by atoms with Crippen molar-refractivity contribution >= 4 is 0 Å². The van der Waals surface area contributed by atoms with E-state index in [1.54, 1.807) is 6.92 Å². The molecule has 2 aliphatic rings. The molecule has 0 spiro atoms. The zero-order chi connectivity index (χ0) is 9.14. The maximum absolute atomic E-state index is 3.99. The van der Waals surface area contributed by atoms with Gasteiger partial charge in [-0.05, 0) is 37.3 Å². The Kier molecular flexibility index (Phi) is 9.60. The average Bonchev–Trinajstić information content (AvgIpc) is 2.58. The number of fused-ring (bicyclic) bond motifs is 1. The van der Waals surface area contributed by atoms with Crippen molar-refractivity contribution in [2.45, 2.75) is 34.1 Å². The van der Waals surface area contributed by atoms with Crippen molar-refractivity contribution < 1.29 is 21.1 Å². The van der Waals surface area contributed by atoms with Gasteiger partial charge >= 0.3 is 21.1 Å². The Hall–Kier alpha value is 0.648. The number of likely N-dealkylation sites (tertiary alicyclic amines) is 1. The van der Waals surface area contributed by atoms with Gasteiger partial charge in [0, 0.05) is 0 Å². The number of hydrogen-bond acceptors (Lipinski definition) is 1. The van der Waals surface area contributed by atoms with Crippen molar-refractivity contribution in [1.82, 2.24) is 4.90 Å². The van der Waals surface area contributed by atoms with Crippen LogP contribution in [0.15, 0.2) is 0 Å². The van der Waals surface area contributed by atoms with E-state index in [9.17, 15) is 0 Å². The normalized spacial score (nSPS) is 34.7. The molecule has 2 heteroatoms. The van der Waals surface area contributed by atoms with Gasteiger partial charge in [0.2, 0.25) is 0 Å². The monoisotopic (exact) mass is 367 g/mol. The van der Waals surface area contributed by atoms with Crippen molar-refractivity contribution in [1.29, 1.82) is 0 Å². The molecule has 14 heavy (non-hydrogen) atoms. The molecule has 0 radical (unpaired) electrons. The summed E-state index contributed by atoms with van der Waals surface area (Å²) < 4.78 is 0. The van der Waals surface area contributed by atoms with Gasteiger partial charge in [-0.1, -0.05) is 20.8 Å². The topological polar surface area (TPSA) is 3.24 Å². The minimum absolute atomic E-state index is 0. The van der Waals surface area contributed by atoms with Crippen LogP contribution < -0.4 is 0 Å². The summed E-state index contributed by atoms with van der Waals surface area (Å²) in [4.78, 5) is 2.24. The van der Waals surface area contributed by atoms with Gasteiger partial charge in [0.25, 0.3) is 0 Å². The van der Waals surface area contributed by atoms with Gasteiger partial charge in [-0.2, -0.15) is 6.92 Å². The Balaban J connectivity index is 0. The molecule has 1 saturated carbocycles. The van der Waals surface area contributed by atoms with Crippen LogP contribution in [0.1, 0.15) is 34.1 Å². The van der Waals surface area contributed by atoms with E-state index >= 15 is 0 Å². The second-order valence-electron chi connectivity index (χ2n) is 4.01. The van der Waals surface area contributed by atoms with Gasteiger partial charge in [-0.25, -0.2) is 0 Å². The summed E-state index contributed by atoms with van der Waals surface area (Å²) in [7, 11) is 3.99. The van der Waals surface area contributed by atoms with Crippen LogP contribution in [0.5, 0.6) is 0 Å². The van der Waals surface area contributed by atoms with Crippen LogP contribution >= 0.6 is 0 Å². The van der Waals surface area contributed by atoms with Crippen LogP contribution in [0.25, 0.3) is 0 Å². The average molecular weight is 367 g/mol. The van der Waals surface area contributed by atoms with Gasteiger partial charge in [-0.3, -0.25) is 7.05 Å². The first-order chi connectivity index (χ1) is 5.77. The minimum Gasteiger partial charge on any atom is -0.459 e. The van der Waals surface area contributed by atoms with Crippen molar-refractivity contribution in [3.8, 4) is 0 Å². The zero-order valence-corrected chi connectivity index (χ0v) is 11.8. The standard InChI is InChI=1S/C9H16N.C2H5.CH4.W/c1-7-3-4-8-5-10(2)6-9(7)8;1-2;;/h7-9H,2-6H2,1H3;1H2,2H3;1H4;/q2*-1;;+2/t7?,8-,9-;;;/m0.../s1. The van der Waals surface area contributed by atoms with Gasteiger partial charge in [0.1, 0.15) is 0 Å². The van der Waals surface area contributed by atoms with E-state index in [-0.39, 0.29) is 28.5 Å². The third kappa shape index (κ3) is 3.66.